The van der Waals surface area contributed by atoms with E-state index in [9.17, 15) is 4.79 Å². The second kappa shape index (κ2) is 7.29. The predicted octanol–water partition coefficient (Wildman–Crippen LogP) is 2.77. The first kappa shape index (κ1) is 15.7. The summed E-state index contributed by atoms with van der Waals surface area (Å²) >= 11 is 0. The van der Waals surface area contributed by atoms with Crippen LogP contribution in [0.1, 0.15) is 44.9 Å². The van der Waals surface area contributed by atoms with E-state index in [1.54, 1.807) is 4.90 Å². The minimum Gasteiger partial charge on any atom is -0.342 e. The zero-order chi connectivity index (χ0) is 14.4. The zero-order valence-electron chi connectivity index (χ0n) is 12.7. The van der Waals surface area contributed by atoms with Crippen molar-refractivity contribution in [3.05, 3.63) is 35.4 Å². The summed E-state index contributed by atoms with van der Waals surface area (Å²) in [6.45, 7) is 8.65. The molecule has 106 valence electrons. The molecular formula is C16H26N2O. The minimum absolute atomic E-state index is 0.132. The van der Waals surface area contributed by atoms with E-state index in [2.05, 4.69) is 43.4 Å². The first-order chi connectivity index (χ1) is 8.95. The molecule has 19 heavy (non-hydrogen) atoms. The maximum absolute atomic E-state index is 11.9. The van der Waals surface area contributed by atoms with Gasteiger partial charge in [-0.15, -0.1) is 0 Å². The molecule has 1 unspecified atom stereocenters. The molecule has 3 nitrogen and oxygen atoms in total. The summed E-state index contributed by atoms with van der Waals surface area (Å²) in [5.41, 5.74) is 2.56. The maximum Gasteiger partial charge on any atom is 0.236 e. The minimum atomic E-state index is 0.132. The molecule has 1 aromatic carbocycles. The molecule has 0 radical (unpaired) electrons. The third-order valence-corrected chi connectivity index (χ3v) is 3.62. The van der Waals surface area contributed by atoms with Crippen molar-refractivity contribution in [3.63, 3.8) is 0 Å². The molecule has 1 rings (SSSR count). The summed E-state index contributed by atoms with van der Waals surface area (Å²) in [5, 5.41) is 3.28. The van der Waals surface area contributed by atoms with Crippen LogP contribution in [0.4, 0.5) is 0 Å². The molecule has 0 saturated heterocycles. The Balaban J connectivity index is 2.50. The number of nitrogens with zero attached hydrogens (tertiary/aromatic N) is 1. The number of carbonyl (C=O) groups excluding carboxylic acids is 1. The van der Waals surface area contributed by atoms with Gasteiger partial charge >= 0.3 is 0 Å². The summed E-state index contributed by atoms with van der Waals surface area (Å²) in [6, 6.07) is 9.00. The highest BCUT2D eigenvalue weighted by Gasteiger charge is 2.13. The largest absolute Gasteiger partial charge is 0.342 e. The fourth-order valence-corrected chi connectivity index (χ4v) is 1.81. The van der Waals surface area contributed by atoms with E-state index in [1.165, 1.54) is 11.1 Å². The fourth-order valence-electron chi connectivity index (χ4n) is 1.81. The molecule has 0 aliphatic rings. The van der Waals surface area contributed by atoms with Crippen LogP contribution in [-0.4, -0.2) is 30.4 Å². The number of nitrogens with one attached hydrogen (secondary N) is 1. The van der Waals surface area contributed by atoms with Gasteiger partial charge in [0.2, 0.25) is 5.91 Å². The third-order valence-electron chi connectivity index (χ3n) is 3.62. The number of hydrogen-bond donors (Lipinski definition) is 1. The monoisotopic (exact) mass is 262 g/mol. The average Bonchev–Trinajstić information content (AvgIpc) is 2.43. The highest BCUT2D eigenvalue weighted by Crippen LogP contribution is 2.13. The molecule has 0 fully saturated rings. The molecule has 1 amide bonds. The van der Waals surface area contributed by atoms with Crippen LogP contribution in [0.25, 0.3) is 0 Å². The van der Waals surface area contributed by atoms with Crippen molar-refractivity contribution in [1.82, 2.24) is 10.2 Å². The predicted molar refractivity (Wildman–Crippen MR) is 80.1 cm³/mol. The Morgan fingerprint density at radius 1 is 1.21 bits per heavy atom. The molecule has 0 heterocycles. The average molecular weight is 262 g/mol. The highest BCUT2D eigenvalue weighted by atomic mass is 16.2. The smallest absolute Gasteiger partial charge is 0.236 e. The lowest BCUT2D eigenvalue weighted by molar-refractivity contribution is -0.130. The Kier molecular flexibility index (Phi) is 6.03. The summed E-state index contributed by atoms with van der Waals surface area (Å²) in [4.78, 5) is 13.6. The fraction of sp³-hybridized carbons (Fsp3) is 0.562. The first-order valence-electron chi connectivity index (χ1n) is 7.03. The molecule has 0 bridgehead atoms. The van der Waals surface area contributed by atoms with Crippen molar-refractivity contribution in [2.45, 2.75) is 46.2 Å². The number of amides is 1. The van der Waals surface area contributed by atoms with E-state index in [4.69, 9.17) is 0 Å². The quantitative estimate of drug-likeness (QED) is 0.855. The molecule has 1 aromatic rings. The normalized spacial score (nSPS) is 12.5. The van der Waals surface area contributed by atoms with Gasteiger partial charge in [-0.1, -0.05) is 31.2 Å². The molecule has 1 atom stereocenters. The molecule has 3 heteroatoms. The summed E-state index contributed by atoms with van der Waals surface area (Å²) in [5.74, 6) is 0.132. The lowest BCUT2D eigenvalue weighted by Crippen LogP contribution is -2.40. The second-order valence-electron chi connectivity index (χ2n) is 5.30. The van der Waals surface area contributed by atoms with Gasteiger partial charge in [0.1, 0.15) is 0 Å². The topological polar surface area (TPSA) is 32.3 Å². The van der Waals surface area contributed by atoms with E-state index in [0.717, 1.165) is 6.42 Å². The van der Waals surface area contributed by atoms with Gasteiger partial charge in [-0.2, -0.15) is 0 Å². The highest BCUT2D eigenvalue weighted by molar-refractivity contribution is 5.78. The summed E-state index contributed by atoms with van der Waals surface area (Å²) in [7, 11) is 1.84. The van der Waals surface area contributed by atoms with Gasteiger partial charge in [0.25, 0.3) is 0 Å². The van der Waals surface area contributed by atoms with Gasteiger partial charge in [0.15, 0.2) is 0 Å². The van der Waals surface area contributed by atoms with Crippen LogP contribution >= 0.6 is 0 Å². The van der Waals surface area contributed by atoms with Crippen molar-refractivity contribution in [2.24, 2.45) is 0 Å². The van der Waals surface area contributed by atoms with E-state index in [0.29, 0.717) is 6.54 Å². The Morgan fingerprint density at radius 2 is 1.79 bits per heavy atom. The number of carbonyl (C=O) groups is 1. The van der Waals surface area contributed by atoms with Gasteiger partial charge in [0, 0.05) is 19.1 Å². The Hall–Kier alpha value is -1.35. The molecule has 0 saturated carbocycles. The third kappa shape index (κ3) is 4.67. The summed E-state index contributed by atoms with van der Waals surface area (Å²) < 4.78 is 0. The van der Waals surface area contributed by atoms with E-state index in [1.807, 2.05) is 20.9 Å². The Labute approximate surface area is 117 Å². The van der Waals surface area contributed by atoms with Gasteiger partial charge < -0.3 is 10.2 Å². The van der Waals surface area contributed by atoms with Crippen LogP contribution in [0, 0.1) is 0 Å². The number of benzene rings is 1. The van der Waals surface area contributed by atoms with Crippen LogP contribution in [0.2, 0.25) is 0 Å². The van der Waals surface area contributed by atoms with Crippen LogP contribution in [0.15, 0.2) is 24.3 Å². The van der Waals surface area contributed by atoms with Crippen LogP contribution in [0.5, 0.6) is 0 Å². The van der Waals surface area contributed by atoms with Crippen molar-refractivity contribution < 1.29 is 4.79 Å². The van der Waals surface area contributed by atoms with Crippen LogP contribution < -0.4 is 5.32 Å². The van der Waals surface area contributed by atoms with Crippen molar-refractivity contribution in [3.8, 4) is 0 Å². The molecule has 0 aliphatic heterocycles. The molecular weight excluding hydrogens is 236 g/mol. The first-order valence-corrected chi connectivity index (χ1v) is 7.03. The molecule has 0 aliphatic carbocycles. The number of rotatable bonds is 6. The van der Waals surface area contributed by atoms with E-state index in [-0.39, 0.29) is 18.0 Å². The number of hydrogen-bond acceptors (Lipinski definition) is 2. The lowest BCUT2D eigenvalue weighted by Gasteiger charge is -2.23. The van der Waals surface area contributed by atoms with Crippen molar-refractivity contribution >= 4 is 5.91 Å². The van der Waals surface area contributed by atoms with Gasteiger partial charge in [-0.3, -0.25) is 4.79 Å². The van der Waals surface area contributed by atoms with Gasteiger partial charge in [-0.25, -0.2) is 0 Å². The Morgan fingerprint density at radius 3 is 2.26 bits per heavy atom. The zero-order valence-corrected chi connectivity index (χ0v) is 12.7. The van der Waals surface area contributed by atoms with Crippen LogP contribution in [0.3, 0.4) is 0 Å². The number of likely N-dealkylation sites (N-methyl/N-ethyl adjacent to an activating group) is 1. The lowest BCUT2D eigenvalue weighted by atomic mass is 10.1. The standard InChI is InChI=1S/C16H26N2O/c1-6-14-7-9-15(10-8-14)13(4)17-11-16(19)18(5)12(2)3/h7-10,12-13,17H,6,11H2,1-5H3. The number of aryl methyl sites for hydroxylation is 1. The van der Waals surface area contributed by atoms with Gasteiger partial charge in [-0.05, 0) is 38.3 Å². The van der Waals surface area contributed by atoms with Crippen molar-refractivity contribution in [2.75, 3.05) is 13.6 Å². The second-order valence-corrected chi connectivity index (χ2v) is 5.30. The summed E-state index contributed by atoms with van der Waals surface area (Å²) in [6.07, 6.45) is 1.06. The van der Waals surface area contributed by atoms with Crippen LogP contribution in [-0.2, 0) is 11.2 Å². The maximum atomic E-state index is 11.9. The van der Waals surface area contributed by atoms with E-state index < -0.39 is 0 Å². The molecule has 0 spiro atoms. The van der Waals surface area contributed by atoms with Gasteiger partial charge in [0.05, 0.1) is 6.54 Å². The Bertz CT molecular complexity index is 398. The molecule has 1 N–H and O–H groups in total. The SMILES string of the molecule is CCc1ccc(C(C)NCC(=O)N(C)C(C)C)cc1. The van der Waals surface area contributed by atoms with Crippen molar-refractivity contribution in [1.29, 1.82) is 0 Å². The van der Waals surface area contributed by atoms with E-state index >= 15 is 0 Å². The molecule has 0 aromatic heterocycles.